The van der Waals surface area contributed by atoms with Crippen LogP contribution in [0.5, 0.6) is 0 Å². The van der Waals surface area contributed by atoms with Gasteiger partial charge < -0.3 is 5.32 Å². The number of rotatable bonds is 3. The van der Waals surface area contributed by atoms with Crippen LogP contribution in [0.1, 0.15) is 29.1 Å². The Kier molecular flexibility index (Phi) is 3.26. The van der Waals surface area contributed by atoms with Crippen molar-refractivity contribution in [2.45, 2.75) is 13.0 Å². The predicted octanol–water partition coefficient (Wildman–Crippen LogP) is 0.969. The molecule has 0 radical (unpaired) electrons. The summed E-state index contributed by atoms with van der Waals surface area (Å²) in [5.74, 6) is -2.33. The number of hydrogen-bond donors (Lipinski definition) is 2. The molecule has 1 amide bonds. The average molecular weight is 253 g/mol. The van der Waals surface area contributed by atoms with Crippen molar-refractivity contribution >= 4 is 5.91 Å². The molecule has 18 heavy (non-hydrogen) atoms. The molecule has 0 aliphatic rings. The number of aromatic nitrogens is 4. The summed E-state index contributed by atoms with van der Waals surface area (Å²) in [7, 11) is 0. The summed E-state index contributed by atoms with van der Waals surface area (Å²) in [6.45, 7) is 1.64. The lowest BCUT2D eigenvalue weighted by molar-refractivity contribution is 0.0937. The molecule has 2 rings (SSSR count). The molecular formula is C10H9F2N5O. The van der Waals surface area contributed by atoms with Crippen LogP contribution in [0.2, 0.25) is 0 Å². The summed E-state index contributed by atoms with van der Waals surface area (Å²) in [6, 6.07) is 2.41. The zero-order valence-electron chi connectivity index (χ0n) is 9.32. The van der Waals surface area contributed by atoms with Gasteiger partial charge in [-0.3, -0.25) is 4.79 Å². The van der Waals surface area contributed by atoms with Gasteiger partial charge in [0.1, 0.15) is 0 Å². The lowest BCUT2D eigenvalue weighted by Gasteiger charge is -2.09. The summed E-state index contributed by atoms with van der Waals surface area (Å²) >= 11 is 0. The first kappa shape index (κ1) is 12.1. The quantitative estimate of drug-likeness (QED) is 0.853. The lowest BCUT2D eigenvalue weighted by atomic mass is 10.2. The Bertz CT molecular complexity index is 557. The van der Waals surface area contributed by atoms with Crippen LogP contribution in [-0.2, 0) is 0 Å². The van der Waals surface area contributed by atoms with Crippen molar-refractivity contribution < 1.29 is 13.6 Å². The third kappa shape index (κ3) is 2.47. The molecule has 8 heteroatoms. The van der Waals surface area contributed by atoms with Gasteiger partial charge in [0, 0.05) is 5.56 Å². The van der Waals surface area contributed by atoms with E-state index in [1.165, 1.54) is 6.07 Å². The number of nitrogens with one attached hydrogen (secondary N) is 2. The van der Waals surface area contributed by atoms with Gasteiger partial charge >= 0.3 is 0 Å². The van der Waals surface area contributed by atoms with Gasteiger partial charge in [0.2, 0.25) is 0 Å². The smallest absolute Gasteiger partial charge is 0.251 e. The predicted molar refractivity (Wildman–Crippen MR) is 56.4 cm³/mol. The van der Waals surface area contributed by atoms with Crippen LogP contribution in [0.4, 0.5) is 8.78 Å². The minimum atomic E-state index is -1.07. The van der Waals surface area contributed by atoms with E-state index in [9.17, 15) is 13.6 Å². The van der Waals surface area contributed by atoms with E-state index in [2.05, 4.69) is 25.9 Å². The number of carbonyl (C=O) groups excluding carboxylic acids is 1. The van der Waals surface area contributed by atoms with Crippen molar-refractivity contribution in [3.63, 3.8) is 0 Å². The Hall–Kier alpha value is -2.38. The zero-order valence-corrected chi connectivity index (χ0v) is 9.32. The average Bonchev–Trinajstić information content (AvgIpc) is 2.86. The molecule has 0 bridgehead atoms. The van der Waals surface area contributed by atoms with Crippen LogP contribution in [0.3, 0.4) is 0 Å². The minimum absolute atomic E-state index is 0.0178. The molecule has 2 N–H and O–H groups in total. The number of H-pyrrole nitrogens is 1. The number of halogens is 2. The molecule has 1 unspecified atom stereocenters. The van der Waals surface area contributed by atoms with Gasteiger partial charge in [-0.1, -0.05) is 5.21 Å². The van der Waals surface area contributed by atoms with Gasteiger partial charge in [-0.05, 0) is 25.1 Å². The Balaban J connectivity index is 2.10. The third-order valence-corrected chi connectivity index (χ3v) is 2.28. The highest BCUT2D eigenvalue weighted by Gasteiger charge is 2.15. The molecule has 1 heterocycles. The zero-order chi connectivity index (χ0) is 13.1. The van der Waals surface area contributed by atoms with Crippen LogP contribution in [0.15, 0.2) is 18.2 Å². The van der Waals surface area contributed by atoms with Crippen LogP contribution in [0.25, 0.3) is 0 Å². The molecule has 0 fully saturated rings. The normalized spacial score (nSPS) is 12.2. The number of benzene rings is 1. The van der Waals surface area contributed by atoms with E-state index in [-0.39, 0.29) is 5.56 Å². The maximum absolute atomic E-state index is 13.0. The van der Waals surface area contributed by atoms with Gasteiger partial charge in [0.25, 0.3) is 5.91 Å². The second-order valence-corrected chi connectivity index (χ2v) is 3.59. The molecule has 1 aromatic carbocycles. The monoisotopic (exact) mass is 253 g/mol. The second kappa shape index (κ2) is 4.86. The number of aromatic amines is 1. The molecule has 0 saturated carbocycles. The molecule has 1 atom stereocenters. The topological polar surface area (TPSA) is 83.6 Å². The molecule has 0 aliphatic heterocycles. The van der Waals surface area contributed by atoms with Crippen molar-refractivity contribution in [1.82, 2.24) is 25.9 Å². The molecule has 94 valence electrons. The Morgan fingerprint density at radius 3 is 2.78 bits per heavy atom. The van der Waals surface area contributed by atoms with E-state index in [1.807, 2.05) is 0 Å². The summed E-state index contributed by atoms with van der Waals surface area (Å²) in [5.41, 5.74) is 0.0178. The van der Waals surface area contributed by atoms with Crippen molar-refractivity contribution in [3.8, 4) is 0 Å². The van der Waals surface area contributed by atoms with Gasteiger partial charge in [0.15, 0.2) is 17.5 Å². The fraction of sp³-hybridized carbons (Fsp3) is 0.200. The van der Waals surface area contributed by atoms with Crippen LogP contribution < -0.4 is 5.32 Å². The van der Waals surface area contributed by atoms with Crippen molar-refractivity contribution in [1.29, 1.82) is 0 Å². The summed E-state index contributed by atoms with van der Waals surface area (Å²) < 4.78 is 25.7. The maximum Gasteiger partial charge on any atom is 0.251 e. The number of hydrogen-bond acceptors (Lipinski definition) is 4. The van der Waals surface area contributed by atoms with Crippen LogP contribution in [0, 0.1) is 11.6 Å². The van der Waals surface area contributed by atoms with Gasteiger partial charge in [-0.15, -0.1) is 10.2 Å². The third-order valence-electron chi connectivity index (χ3n) is 2.28. The van der Waals surface area contributed by atoms with E-state index in [0.717, 1.165) is 12.1 Å². The van der Waals surface area contributed by atoms with Crippen molar-refractivity contribution in [3.05, 3.63) is 41.2 Å². The highest BCUT2D eigenvalue weighted by atomic mass is 19.2. The fourth-order valence-corrected chi connectivity index (χ4v) is 1.33. The summed E-state index contributed by atoms with van der Waals surface area (Å²) in [5, 5.41) is 15.5. The van der Waals surface area contributed by atoms with E-state index in [1.54, 1.807) is 6.92 Å². The Morgan fingerprint density at radius 1 is 1.39 bits per heavy atom. The number of carbonyl (C=O) groups is 1. The van der Waals surface area contributed by atoms with Gasteiger partial charge in [-0.2, -0.15) is 5.21 Å². The SMILES string of the molecule is CC(NC(=O)c1ccc(F)c(F)c1)c1nn[nH]n1. The number of tetrazole rings is 1. The molecular weight excluding hydrogens is 244 g/mol. The molecule has 0 aliphatic carbocycles. The van der Waals surface area contributed by atoms with Crippen molar-refractivity contribution in [2.24, 2.45) is 0 Å². The largest absolute Gasteiger partial charge is 0.342 e. The lowest BCUT2D eigenvalue weighted by Crippen LogP contribution is -2.27. The molecule has 2 aromatic rings. The van der Waals surface area contributed by atoms with Crippen molar-refractivity contribution in [2.75, 3.05) is 0 Å². The van der Waals surface area contributed by atoms with Gasteiger partial charge in [-0.25, -0.2) is 8.78 Å². The second-order valence-electron chi connectivity index (χ2n) is 3.59. The number of amides is 1. The molecule has 0 spiro atoms. The highest BCUT2D eigenvalue weighted by molar-refractivity contribution is 5.94. The van der Waals surface area contributed by atoms with E-state index >= 15 is 0 Å². The van der Waals surface area contributed by atoms with E-state index in [0.29, 0.717) is 5.82 Å². The first-order valence-electron chi connectivity index (χ1n) is 5.07. The first-order chi connectivity index (χ1) is 8.58. The Morgan fingerprint density at radius 2 is 2.17 bits per heavy atom. The molecule has 1 aromatic heterocycles. The van der Waals surface area contributed by atoms with Crippen LogP contribution in [-0.4, -0.2) is 26.5 Å². The fourth-order valence-electron chi connectivity index (χ4n) is 1.33. The van der Waals surface area contributed by atoms with E-state index in [4.69, 9.17) is 0 Å². The highest BCUT2D eigenvalue weighted by Crippen LogP contribution is 2.10. The standard InChI is InChI=1S/C10H9F2N5O/c1-5(9-14-16-17-15-9)13-10(18)6-2-3-7(11)8(12)4-6/h2-5H,1H3,(H,13,18)(H,14,15,16,17). The molecule has 0 saturated heterocycles. The van der Waals surface area contributed by atoms with Crippen LogP contribution >= 0.6 is 0 Å². The summed E-state index contributed by atoms with van der Waals surface area (Å²) in [6.07, 6.45) is 0. The molecule has 6 nitrogen and oxygen atoms in total. The Labute approximate surface area is 100 Å². The first-order valence-corrected chi connectivity index (χ1v) is 5.07. The minimum Gasteiger partial charge on any atom is -0.342 e. The van der Waals surface area contributed by atoms with Gasteiger partial charge in [0.05, 0.1) is 6.04 Å². The summed E-state index contributed by atoms with van der Waals surface area (Å²) in [4.78, 5) is 11.7. The maximum atomic E-state index is 13.0. The van der Waals surface area contributed by atoms with E-state index < -0.39 is 23.6 Å². The number of nitrogens with zero attached hydrogens (tertiary/aromatic N) is 3.